The topological polar surface area (TPSA) is 81.2 Å². The van der Waals surface area contributed by atoms with Gasteiger partial charge in [0.05, 0.1) is 30.3 Å². The first kappa shape index (κ1) is 17.0. The first-order valence-electron chi connectivity index (χ1n) is 6.36. The van der Waals surface area contributed by atoms with Gasteiger partial charge in [-0.3, -0.25) is 4.72 Å². The van der Waals surface area contributed by atoms with E-state index in [9.17, 15) is 21.6 Å². The Balaban J connectivity index is 1.97. The number of anilines is 1. The first-order valence-corrected chi connectivity index (χ1v) is 8.01. The van der Waals surface area contributed by atoms with Crippen LogP contribution in [0, 0.1) is 0 Å². The van der Waals surface area contributed by atoms with Gasteiger partial charge in [0.2, 0.25) is 10.0 Å². The SMILES string of the molecule is O=S(=O)(CCC(F)(F)F)Nc1cnc(Oc2ccccc2)nc1. The van der Waals surface area contributed by atoms with Crippen molar-refractivity contribution in [3.8, 4) is 11.8 Å². The molecular formula is C13H12F3N3O3S. The van der Waals surface area contributed by atoms with Gasteiger partial charge in [0.15, 0.2) is 0 Å². The molecule has 1 aromatic heterocycles. The molecule has 0 aliphatic carbocycles. The second-order valence-corrected chi connectivity index (χ2v) is 6.30. The predicted octanol–water partition coefficient (Wildman–Crippen LogP) is 2.96. The van der Waals surface area contributed by atoms with Gasteiger partial charge in [0.25, 0.3) is 0 Å². The van der Waals surface area contributed by atoms with Crippen LogP contribution >= 0.6 is 0 Å². The van der Waals surface area contributed by atoms with Crippen molar-refractivity contribution in [2.45, 2.75) is 12.6 Å². The van der Waals surface area contributed by atoms with E-state index in [1.165, 1.54) is 0 Å². The van der Waals surface area contributed by atoms with Crippen LogP contribution in [0.1, 0.15) is 6.42 Å². The highest BCUT2D eigenvalue weighted by atomic mass is 32.2. The van der Waals surface area contributed by atoms with Crippen molar-refractivity contribution in [2.24, 2.45) is 0 Å². The third-order valence-corrected chi connectivity index (χ3v) is 3.80. The molecule has 1 aromatic carbocycles. The van der Waals surface area contributed by atoms with Crippen molar-refractivity contribution >= 4 is 15.7 Å². The van der Waals surface area contributed by atoms with Crippen molar-refractivity contribution in [3.63, 3.8) is 0 Å². The summed E-state index contributed by atoms with van der Waals surface area (Å²) in [6.07, 6.45) is -3.76. The number of aromatic nitrogens is 2. The number of halogens is 3. The summed E-state index contributed by atoms with van der Waals surface area (Å²) >= 11 is 0. The highest BCUT2D eigenvalue weighted by molar-refractivity contribution is 7.92. The summed E-state index contributed by atoms with van der Waals surface area (Å²) in [7, 11) is -4.13. The van der Waals surface area contributed by atoms with E-state index in [1.54, 1.807) is 30.3 Å². The van der Waals surface area contributed by atoms with Crippen molar-refractivity contribution in [1.29, 1.82) is 0 Å². The minimum atomic E-state index is -4.54. The predicted molar refractivity (Wildman–Crippen MR) is 76.6 cm³/mol. The average molecular weight is 347 g/mol. The fourth-order valence-corrected chi connectivity index (χ4v) is 2.56. The van der Waals surface area contributed by atoms with Crippen molar-refractivity contribution in [3.05, 3.63) is 42.7 Å². The zero-order valence-electron chi connectivity index (χ0n) is 11.6. The van der Waals surface area contributed by atoms with Crippen molar-refractivity contribution in [1.82, 2.24) is 9.97 Å². The monoisotopic (exact) mass is 347 g/mol. The van der Waals surface area contributed by atoms with Crippen LogP contribution in [0.2, 0.25) is 0 Å². The lowest BCUT2D eigenvalue weighted by Gasteiger charge is -2.09. The number of hydrogen-bond donors (Lipinski definition) is 1. The third-order valence-electron chi connectivity index (χ3n) is 2.51. The van der Waals surface area contributed by atoms with Crippen LogP contribution in [0.25, 0.3) is 0 Å². The fourth-order valence-electron chi connectivity index (χ4n) is 1.50. The van der Waals surface area contributed by atoms with E-state index >= 15 is 0 Å². The molecule has 0 radical (unpaired) electrons. The van der Waals surface area contributed by atoms with Gasteiger partial charge in [-0.05, 0) is 12.1 Å². The Morgan fingerprint density at radius 2 is 1.70 bits per heavy atom. The highest BCUT2D eigenvalue weighted by Gasteiger charge is 2.29. The van der Waals surface area contributed by atoms with Gasteiger partial charge in [-0.25, -0.2) is 18.4 Å². The number of ether oxygens (including phenoxy) is 1. The van der Waals surface area contributed by atoms with E-state index in [2.05, 4.69) is 9.97 Å². The minimum absolute atomic E-state index is 0.0190. The molecule has 0 aliphatic heterocycles. The number of para-hydroxylation sites is 1. The molecular weight excluding hydrogens is 335 g/mol. The zero-order valence-corrected chi connectivity index (χ0v) is 12.4. The fraction of sp³-hybridized carbons (Fsp3) is 0.231. The molecule has 0 bridgehead atoms. The number of sulfonamides is 1. The summed E-state index contributed by atoms with van der Waals surface area (Å²) in [5.74, 6) is -0.579. The minimum Gasteiger partial charge on any atom is -0.424 e. The number of rotatable bonds is 6. The van der Waals surface area contributed by atoms with E-state index < -0.39 is 28.4 Å². The normalized spacial score (nSPS) is 12.0. The first-order chi connectivity index (χ1) is 10.7. The lowest BCUT2D eigenvalue weighted by molar-refractivity contribution is -0.129. The molecule has 0 spiro atoms. The van der Waals surface area contributed by atoms with Crippen LogP contribution in [0.3, 0.4) is 0 Å². The van der Waals surface area contributed by atoms with Gasteiger partial charge in [0.1, 0.15) is 5.75 Å². The molecule has 10 heteroatoms. The Kier molecular flexibility index (Phi) is 5.04. The maximum atomic E-state index is 12.1. The van der Waals surface area contributed by atoms with Gasteiger partial charge in [-0.2, -0.15) is 13.2 Å². The summed E-state index contributed by atoms with van der Waals surface area (Å²) in [5, 5.41) is 0. The molecule has 0 saturated heterocycles. The van der Waals surface area contributed by atoms with Crippen molar-refractivity contribution in [2.75, 3.05) is 10.5 Å². The lowest BCUT2D eigenvalue weighted by atomic mass is 10.3. The third kappa shape index (κ3) is 6.10. The average Bonchev–Trinajstić information content (AvgIpc) is 2.48. The van der Waals surface area contributed by atoms with Crippen molar-refractivity contribution < 1.29 is 26.3 Å². The largest absolute Gasteiger partial charge is 0.424 e. The van der Waals surface area contributed by atoms with Gasteiger partial charge in [-0.15, -0.1) is 0 Å². The molecule has 0 unspecified atom stereocenters. The number of alkyl halides is 3. The van der Waals surface area contributed by atoms with Crippen LogP contribution in [0.4, 0.5) is 18.9 Å². The van der Waals surface area contributed by atoms with E-state index in [1.807, 2.05) is 4.72 Å². The lowest BCUT2D eigenvalue weighted by Crippen LogP contribution is -2.22. The van der Waals surface area contributed by atoms with E-state index in [0.29, 0.717) is 5.75 Å². The van der Waals surface area contributed by atoms with Crippen LogP contribution < -0.4 is 9.46 Å². The molecule has 2 aromatic rings. The van der Waals surface area contributed by atoms with Crippen LogP contribution in [-0.4, -0.2) is 30.3 Å². The summed E-state index contributed by atoms with van der Waals surface area (Å²) < 4.78 is 66.5. The molecule has 1 heterocycles. The molecule has 23 heavy (non-hydrogen) atoms. The molecule has 0 fully saturated rings. The standard InChI is InChI=1S/C13H12F3N3O3S/c14-13(15,16)6-7-23(20,21)19-10-8-17-12(18-9-10)22-11-4-2-1-3-5-11/h1-5,8-9,19H,6-7H2. The van der Waals surface area contributed by atoms with Gasteiger partial charge in [-0.1, -0.05) is 18.2 Å². The second-order valence-electron chi connectivity index (χ2n) is 4.46. The van der Waals surface area contributed by atoms with Gasteiger partial charge < -0.3 is 4.74 Å². The number of nitrogens with one attached hydrogen (secondary N) is 1. The molecule has 0 atom stereocenters. The molecule has 0 amide bonds. The van der Waals surface area contributed by atoms with Gasteiger partial charge >= 0.3 is 12.2 Å². The zero-order chi connectivity index (χ0) is 16.9. The summed E-state index contributed by atoms with van der Waals surface area (Å²) in [5.41, 5.74) is -0.0485. The molecule has 6 nitrogen and oxygen atoms in total. The Morgan fingerprint density at radius 1 is 1.09 bits per heavy atom. The van der Waals surface area contributed by atoms with Crippen LogP contribution in [0.15, 0.2) is 42.7 Å². The Labute approximate surface area is 130 Å². The number of hydrogen-bond acceptors (Lipinski definition) is 5. The van der Waals surface area contributed by atoms with Gasteiger partial charge in [0, 0.05) is 0 Å². The van der Waals surface area contributed by atoms with Crippen LogP contribution in [-0.2, 0) is 10.0 Å². The molecule has 0 saturated carbocycles. The van der Waals surface area contributed by atoms with E-state index in [0.717, 1.165) is 12.4 Å². The van der Waals surface area contributed by atoms with Crippen LogP contribution in [0.5, 0.6) is 11.8 Å². The Hall–Kier alpha value is -2.36. The Morgan fingerprint density at radius 3 is 2.26 bits per heavy atom. The summed E-state index contributed by atoms with van der Waals surface area (Å²) in [6, 6.07) is 8.63. The molecule has 2 rings (SSSR count). The molecule has 124 valence electrons. The highest BCUT2D eigenvalue weighted by Crippen LogP contribution is 2.21. The smallest absolute Gasteiger partial charge is 0.390 e. The molecule has 1 N–H and O–H groups in total. The summed E-state index contributed by atoms with van der Waals surface area (Å²) in [6.45, 7) is 0. The summed E-state index contributed by atoms with van der Waals surface area (Å²) in [4.78, 5) is 7.57. The molecule has 0 aliphatic rings. The van der Waals surface area contributed by atoms with E-state index in [4.69, 9.17) is 4.74 Å². The maximum absolute atomic E-state index is 12.1. The Bertz CT molecular complexity index is 735. The van der Waals surface area contributed by atoms with E-state index in [-0.39, 0.29) is 11.7 Å². The second kappa shape index (κ2) is 6.82. The maximum Gasteiger partial charge on any atom is 0.390 e. The quantitative estimate of drug-likeness (QED) is 0.869. The number of nitrogens with zero attached hydrogens (tertiary/aromatic N) is 2. The number of benzene rings is 1.